The first kappa shape index (κ1) is 18.4. The number of carbonyl (C=O) groups excluding carboxylic acids is 1. The Morgan fingerprint density at radius 1 is 1.07 bits per heavy atom. The van der Waals surface area contributed by atoms with Gasteiger partial charge in [-0.3, -0.25) is 9.78 Å². The largest absolute Gasteiger partial charge is 0.494 e. The number of rotatable bonds is 7. The first-order valence-electron chi connectivity index (χ1n) is 8.78. The molecule has 0 aliphatic rings. The average Bonchev–Trinajstić information content (AvgIpc) is 2.70. The van der Waals surface area contributed by atoms with Crippen LogP contribution >= 0.6 is 0 Å². The molecule has 0 aliphatic carbocycles. The number of nitrogens with one attached hydrogen (secondary N) is 1. The van der Waals surface area contributed by atoms with Crippen LogP contribution in [-0.4, -0.2) is 30.3 Å². The molecule has 6 heteroatoms. The topological polar surface area (TPSA) is 72.8 Å². The van der Waals surface area contributed by atoms with Crippen molar-refractivity contribution in [3.63, 3.8) is 0 Å². The summed E-state index contributed by atoms with van der Waals surface area (Å²) in [5, 5.41) is 6.09. The van der Waals surface area contributed by atoms with E-state index in [4.69, 9.17) is 9.47 Å². The lowest BCUT2D eigenvalue weighted by Gasteiger charge is -2.12. The molecule has 0 unspecified atom stereocenters. The molecule has 1 N–H and O–H groups in total. The molecule has 0 aliphatic heterocycles. The SMILES string of the molecule is CCOc1ccc2ccc(OCC)c(C=NNC(=O)c3ccncc3)c2c1. The van der Waals surface area contributed by atoms with Crippen molar-refractivity contribution in [2.75, 3.05) is 13.2 Å². The fraction of sp³-hybridized carbons (Fsp3) is 0.190. The summed E-state index contributed by atoms with van der Waals surface area (Å²) < 4.78 is 11.3. The first-order chi connectivity index (χ1) is 13.2. The number of pyridine rings is 1. The fourth-order valence-electron chi connectivity index (χ4n) is 2.70. The van der Waals surface area contributed by atoms with Gasteiger partial charge < -0.3 is 9.47 Å². The van der Waals surface area contributed by atoms with Gasteiger partial charge in [0.25, 0.3) is 5.91 Å². The maximum Gasteiger partial charge on any atom is 0.271 e. The lowest BCUT2D eigenvalue weighted by Crippen LogP contribution is -2.17. The quantitative estimate of drug-likeness (QED) is 0.512. The zero-order chi connectivity index (χ0) is 19.1. The Morgan fingerprint density at radius 3 is 2.56 bits per heavy atom. The summed E-state index contributed by atoms with van der Waals surface area (Å²) in [5.74, 6) is 1.16. The van der Waals surface area contributed by atoms with Gasteiger partial charge in [0.15, 0.2) is 0 Å². The minimum absolute atomic E-state index is 0.304. The summed E-state index contributed by atoms with van der Waals surface area (Å²) in [6.45, 7) is 4.98. The molecular weight excluding hydrogens is 342 g/mol. The summed E-state index contributed by atoms with van der Waals surface area (Å²) >= 11 is 0. The Hall–Kier alpha value is -3.41. The molecule has 6 nitrogen and oxygen atoms in total. The highest BCUT2D eigenvalue weighted by molar-refractivity contribution is 6.03. The summed E-state index contributed by atoms with van der Waals surface area (Å²) in [6, 6.07) is 13.0. The molecule has 0 saturated heterocycles. The van der Waals surface area contributed by atoms with Gasteiger partial charge in [0.2, 0.25) is 0 Å². The standard InChI is InChI=1S/C21H21N3O3/c1-3-26-17-7-5-15-6-8-20(27-4-2)19(18(15)13-17)14-23-24-21(25)16-9-11-22-12-10-16/h5-14H,3-4H2,1-2H3,(H,24,25). The predicted molar refractivity (Wildman–Crippen MR) is 106 cm³/mol. The Kier molecular flexibility index (Phi) is 5.99. The first-order valence-corrected chi connectivity index (χ1v) is 8.78. The molecule has 0 radical (unpaired) electrons. The molecular formula is C21H21N3O3. The highest BCUT2D eigenvalue weighted by Crippen LogP contribution is 2.30. The predicted octanol–water partition coefficient (Wildman–Crippen LogP) is 3.80. The van der Waals surface area contributed by atoms with Crippen molar-refractivity contribution in [1.82, 2.24) is 10.4 Å². The number of ether oxygens (including phenoxy) is 2. The van der Waals surface area contributed by atoms with Crippen molar-refractivity contribution in [2.45, 2.75) is 13.8 Å². The molecule has 0 bridgehead atoms. The molecule has 1 aromatic heterocycles. The van der Waals surface area contributed by atoms with E-state index in [9.17, 15) is 4.79 Å². The number of hydrogen-bond donors (Lipinski definition) is 1. The second-order valence-corrected chi connectivity index (χ2v) is 5.66. The highest BCUT2D eigenvalue weighted by atomic mass is 16.5. The Bertz CT molecular complexity index is 950. The van der Waals surface area contributed by atoms with E-state index in [-0.39, 0.29) is 5.91 Å². The van der Waals surface area contributed by atoms with E-state index in [1.165, 1.54) is 0 Å². The molecule has 0 saturated carbocycles. The molecule has 0 atom stereocenters. The lowest BCUT2D eigenvalue weighted by molar-refractivity contribution is 0.0955. The van der Waals surface area contributed by atoms with Crippen molar-refractivity contribution in [1.29, 1.82) is 0 Å². The van der Waals surface area contributed by atoms with Crippen molar-refractivity contribution < 1.29 is 14.3 Å². The number of hydrazone groups is 1. The Morgan fingerprint density at radius 2 is 1.81 bits per heavy atom. The lowest BCUT2D eigenvalue weighted by atomic mass is 10.0. The molecule has 27 heavy (non-hydrogen) atoms. The highest BCUT2D eigenvalue weighted by Gasteiger charge is 2.09. The second-order valence-electron chi connectivity index (χ2n) is 5.66. The molecule has 2 aromatic carbocycles. The third-order valence-electron chi connectivity index (χ3n) is 3.91. The summed E-state index contributed by atoms with van der Waals surface area (Å²) in [7, 11) is 0. The van der Waals surface area contributed by atoms with Gasteiger partial charge in [0, 0.05) is 23.5 Å². The maximum absolute atomic E-state index is 12.1. The molecule has 1 amide bonds. The smallest absolute Gasteiger partial charge is 0.271 e. The van der Waals surface area contributed by atoms with Gasteiger partial charge in [0.1, 0.15) is 11.5 Å². The minimum Gasteiger partial charge on any atom is -0.494 e. The molecule has 3 rings (SSSR count). The fourth-order valence-corrected chi connectivity index (χ4v) is 2.70. The zero-order valence-corrected chi connectivity index (χ0v) is 15.3. The van der Waals surface area contributed by atoms with E-state index in [0.717, 1.165) is 22.1 Å². The van der Waals surface area contributed by atoms with Crippen LogP contribution < -0.4 is 14.9 Å². The molecule has 138 valence electrons. The zero-order valence-electron chi connectivity index (χ0n) is 15.3. The summed E-state index contributed by atoms with van der Waals surface area (Å²) in [4.78, 5) is 16.0. The third kappa shape index (κ3) is 4.41. The number of fused-ring (bicyclic) bond motifs is 1. The number of carbonyl (C=O) groups is 1. The van der Waals surface area contributed by atoms with Gasteiger partial charge in [-0.15, -0.1) is 0 Å². The molecule has 0 spiro atoms. The summed E-state index contributed by atoms with van der Waals surface area (Å²) in [6.07, 6.45) is 4.72. The van der Waals surface area contributed by atoms with Crippen LogP contribution in [0, 0.1) is 0 Å². The maximum atomic E-state index is 12.1. The van der Waals surface area contributed by atoms with Crippen LogP contribution in [0.3, 0.4) is 0 Å². The normalized spacial score (nSPS) is 10.9. The van der Waals surface area contributed by atoms with E-state index >= 15 is 0 Å². The summed E-state index contributed by atoms with van der Waals surface area (Å²) in [5.41, 5.74) is 3.81. The number of hydrogen-bond acceptors (Lipinski definition) is 5. The average molecular weight is 363 g/mol. The van der Waals surface area contributed by atoms with Crippen molar-refractivity contribution in [3.05, 3.63) is 66.0 Å². The van der Waals surface area contributed by atoms with E-state index in [0.29, 0.717) is 24.5 Å². The number of nitrogens with zero attached hydrogens (tertiary/aromatic N) is 2. The van der Waals surface area contributed by atoms with E-state index in [2.05, 4.69) is 15.5 Å². The van der Waals surface area contributed by atoms with Crippen LogP contribution in [0.2, 0.25) is 0 Å². The van der Waals surface area contributed by atoms with E-state index in [1.54, 1.807) is 30.7 Å². The minimum atomic E-state index is -0.304. The van der Waals surface area contributed by atoms with Crippen LogP contribution in [-0.2, 0) is 0 Å². The van der Waals surface area contributed by atoms with Gasteiger partial charge in [-0.2, -0.15) is 5.10 Å². The van der Waals surface area contributed by atoms with Gasteiger partial charge in [-0.1, -0.05) is 12.1 Å². The Labute approximate surface area is 157 Å². The van der Waals surface area contributed by atoms with Crippen LogP contribution in [0.25, 0.3) is 10.8 Å². The van der Waals surface area contributed by atoms with Crippen molar-refractivity contribution in [2.24, 2.45) is 5.10 Å². The second kappa shape index (κ2) is 8.80. The van der Waals surface area contributed by atoms with Gasteiger partial charge in [0.05, 0.1) is 19.4 Å². The number of aromatic nitrogens is 1. The van der Waals surface area contributed by atoms with Crippen molar-refractivity contribution in [3.8, 4) is 11.5 Å². The monoisotopic (exact) mass is 363 g/mol. The van der Waals surface area contributed by atoms with Crippen LogP contribution in [0.1, 0.15) is 29.8 Å². The van der Waals surface area contributed by atoms with Crippen LogP contribution in [0.5, 0.6) is 11.5 Å². The van der Waals surface area contributed by atoms with Crippen LogP contribution in [0.15, 0.2) is 60.0 Å². The Balaban J connectivity index is 1.93. The molecule has 1 heterocycles. The molecule has 0 fully saturated rings. The molecule has 3 aromatic rings. The van der Waals surface area contributed by atoms with E-state index < -0.39 is 0 Å². The number of amides is 1. The van der Waals surface area contributed by atoms with Crippen LogP contribution in [0.4, 0.5) is 0 Å². The van der Waals surface area contributed by atoms with Gasteiger partial charge in [-0.25, -0.2) is 5.43 Å². The third-order valence-corrected chi connectivity index (χ3v) is 3.91. The van der Waals surface area contributed by atoms with Gasteiger partial charge in [-0.05, 0) is 55.0 Å². The number of benzene rings is 2. The van der Waals surface area contributed by atoms with E-state index in [1.807, 2.05) is 44.2 Å². The van der Waals surface area contributed by atoms with Gasteiger partial charge >= 0.3 is 0 Å². The van der Waals surface area contributed by atoms with Crippen molar-refractivity contribution >= 4 is 22.9 Å².